The number of nitrogens with one attached hydrogen (secondary N) is 2. The Labute approximate surface area is 135 Å². The highest BCUT2D eigenvalue weighted by molar-refractivity contribution is 5.83. The fourth-order valence-corrected chi connectivity index (χ4v) is 1.97. The molecule has 23 heavy (non-hydrogen) atoms. The fraction of sp³-hybridized carbons (Fsp3) is 0.222. The summed E-state index contributed by atoms with van der Waals surface area (Å²) in [4.78, 5) is 23.3. The maximum absolute atomic E-state index is 11.7. The van der Waals surface area contributed by atoms with Crippen LogP contribution in [0.15, 0.2) is 54.6 Å². The van der Waals surface area contributed by atoms with E-state index < -0.39 is 5.91 Å². The van der Waals surface area contributed by atoms with Crippen LogP contribution in [-0.2, 0) is 22.4 Å². The predicted octanol–water partition coefficient (Wildman–Crippen LogP) is 2.02. The van der Waals surface area contributed by atoms with Crippen LogP contribution in [0.4, 0.5) is 0 Å². The van der Waals surface area contributed by atoms with E-state index in [0.717, 1.165) is 12.0 Å². The van der Waals surface area contributed by atoms with Crippen molar-refractivity contribution >= 4 is 11.8 Å². The lowest BCUT2D eigenvalue weighted by Crippen LogP contribution is -2.44. The smallest absolute Gasteiger partial charge is 0.276 e. The zero-order valence-corrected chi connectivity index (χ0v) is 13.0. The average molecular weight is 312 g/mol. The van der Waals surface area contributed by atoms with E-state index in [2.05, 4.69) is 17.8 Å². The summed E-state index contributed by atoms with van der Waals surface area (Å²) in [5.74, 6) is -0.0733. The van der Waals surface area contributed by atoms with Crippen molar-refractivity contribution < 1.29 is 14.3 Å². The van der Waals surface area contributed by atoms with Gasteiger partial charge in [0.25, 0.3) is 5.91 Å². The Bertz CT molecular complexity index is 639. The van der Waals surface area contributed by atoms with Gasteiger partial charge in [-0.25, -0.2) is 0 Å². The van der Waals surface area contributed by atoms with Gasteiger partial charge in [0.05, 0.1) is 6.42 Å². The standard InChI is InChI=1S/C18H20N2O3/c1-2-14-8-10-16(11-9-14)23-13-18(22)20-19-17(21)12-15-6-4-3-5-7-15/h3-11H,2,12-13H2,1H3,(H,19,21)(H,20,22). The van der Waals surface area contributed by atoms with Gasteiger partial charge in [-0.05, 0) is 29.7 Å². The second kappa shape index (κ2) is 8.58. The molecule has 5 heteroatoms. The first-order valence-electron chi connectivity index (χ1n) is 7.50. The molecule has 0 heterocycles. The fourth-order valence-electron chi connectivity index (χ4n) is 1.97. The number of aryl methyl sites for hydroxylation is 1. The second-order valence-corrected chi connectivity index (χ2v) is 5.04. The SMILES string of the molecule is CCc1ccc(OCC(=O)NNC(=O)Cc2ccccc2)cc1. The van der Waals surface area contributed by atoms with E-state index in [-0.39, 0.29) is 18.9 Å². The molecule has 0 spiro atoms. The Morgan fingerprint density at radius 3 is 2.17 bits per heavy atom. The molecule has 0 unspecified atom stereocenters. The summed E-state index contributed by atoms with van der Waals surface area (Å²) < 4.78 is 5.35. The molecule has 0 fully saturated rings. The van der Waals surface area contributed by atoms with Crippen molar-refractivity contribution in [2.24, 2.45) is 0 Å². The van der Waals surface area contributed by atoms with Crippen LogP contribution < -0.4 is 15.6 Å². The summed E-state index contributed by atoms with van der Waals surface area (Å²) >= 11 is 0. The van der Waals surface area contributed by atoms with Crippen LogP contribution in [-0.4, -0.2) is 18.4 Å². The van der Waals surface area contributed by atoms with Gasteiger partial charge >= 0.3 is 0 Å². The molecule has 2 N–H and O–H groups in total. The van der Waals surface area contributed by atoms with Gasteiger partial charge in [-0.1, -0.05) is 49.4 Å². The van der Waals surface area contributed by atoms with E-state index in [1.54, 1.807) is 0 Å². The van der Waals surface area contributed by atoms with Crippen molar-refractivity contribution in [2.45, 2.75) is 19.8 Å². The summed E-state index contributed by atoms with van der Waals surface area (Å²) in [6.07, 6.45) is 1.16. The number of rotatable bonds is 6. The lowest BCUT2D eigenvalue weighted by Gasteiger charge is -2.09. The summed E-state index contributed by atoms with van der Waals surface area (Å²) in [5, 5.41) is 0. The van der Waals surface area contributed by atoms with Crippen molar-refractivity contribution in [3.05, 3.63) is 65.7 Å². The Balaban J connectivity index is 1.69. The molecule has 2 aromatic carbocycles. The third kappa shape index (κ3) is 5.82. The van der Waals surface area contributed by atoms with E-state index >= 15 is 0 Å². The molecule has 0 atom stereocenters. The molecule has 2 rings (SSSR count). The van der Waals surface area contributed by atoms with Crippen LogP contribution in [0.2, 0.25) is 0 Å². The van der Waals surface area contributed by atoms with Gasteiger partial charge in [0.2, 0.25) is 5.91 Å². The molecule has 120 valence electrons. The number of benzene rings is 2. The summed E-state index contributed by atoms with van der Waals surface area (Å²) in [5.41, 5.74) is 6.78. The van der Waals surface area contributed by atoms with Crippen molar-refractivity contribution in [3.8, 4) is 5.75 Å². The van der Waals surface area contributed by atoms with Crippen molar-refractivity contribution in [3.63, 3.8) is 0 Å². The van der Waals surface area contributed by atoms with Crippen molar-refractivity contribution in [1.29, 1.82) is 0 Å². The molecule has 2 amide bonds. The quantitative estimate of drug-likeness (QED) is 0.802. The van der Waals surface area contributed by atoms with Gasteiger partial charge in [0.15, 0.2) is 6.61 Å². The van der Waals surface area contributed by atoms with Crippen LogP contribution in [0.25, 0.3) is 0 Å². The third-order valence-electron chi connectivity index (χ3n) is 3.25. The van der Waals surface area contributed by atoms with Crippen LogP contribution >= 0.6 is 0 Å². The van der Waals surface area contributed by atoms with E-state index in [0.29, 0.717) is 5.75 Å². The Hall–Kier alpha value is -2.82. The maximum Gasteiger partial charge on any atom is 0.276 e. The van der Waals surface area contributed by atoms with Gasteiger partial charge in [-0.2, -0.15) is 0 Å². The number of hydrogen-bond acceptors (Lipinski definition) is 3. The highest BCUT2D eigenvalue weighted by Crippen LogP contribution is 2.12. The summed E-state index contributed by atoms with van der Waals surface area (Å²) in [6.45, 7) is 1.92. The number of hydrogen-bond donors (Lipinski definition) is 2. The summed E-state index contributed by atoms with van der Waals surface area (Å²) in [7, 11) is 0. The number of carbonyl (C=O) groups is 2. The van der Waals surface area contributed by atoms with Gasteiger partial charge in [0, 0.05) is 0 Å². The molecule has 0 aliphatic heterocycles. The minimum Gasteiger partial charge on any atom is -0.484 e. The minimum atomic E-state index is -0.411. The second-order valence-electron chi connectivity index (χ2n) is 5.04. The molecule has 2 aromatic rings. The molecule has 5 nitrogen and oxygen atoms in total. The largest absolute Gasteiger partial charge is 0.484 e. The number of ether oxygens (including phenoxy) is 1. The molecule has 0 aliphatic rings. The molecule has 0 saturated heterocycles. The summed E-state index contributed by atoms with van der Waals surface area (Å²) in [6, 6.07) is 16.9. The highest BCUT2D eigenvalue weighted by atomic mass is 16.5. The maximum atomic E-state index is 11.7. The molecule has 0 saturated carbocycles. The zero-order valence-electron chi connectivity index (χ0n) is 13.0. The van der Waals surface area contributed by atoms with Gasteiger partial charge < -0.3 is 4.74 Å². The van der Waals surface area contributed by atoms with Crippen molar-refractivity contribution in [1.82, 2.24) is 10.9 Å². The Kier molecular flexibility index (Phi) is 6.17. The number of hydrazine groups is 1. The molecule has 0 radical (unpaired) electrons. The highest BCUT2D eigenvalue weighted by Gasteiger charge is 2.06. The number of carbonyl (C=O) groups excluding carboxylic acids is 2. The van der Waals surface area contributed by atoms with E-state index in [9.17, 15) is 9.59 Å². The Morgan fingerprint density at radius 1 is 0.870 bits per heavy atom. The first-order chi connectivity index (χ1) is 11.2. The normalized spacial score (nSPS) is 9.96. The van der Waals surface area contributed by atoms with E-state index in [4.69, 9.17) is 4.74 Å². The van der Waals surface area contributed by atoms with Crippen LogP contribution in [0.1, 0.15) is 18.1 Å². The van der Waals surface area contributed by atoms with E-state index in [1.165, 1.54) is 5.56 Å². The molecule has 0 aliphatic carbocycles. The first-order valence-corrected chi connectivity index (χ1v) is 7.50. The van der Waals surface area contributed by atoms with Gasteiger partial charge in [-0.15, -0.1) is 0 Å². The van der Waals surface area contributed by atoms with Gasteiger partial charge in [0.1, 0.15) is 5.75 Å². The number of amides is 2. The van der Waals surface area contributed by atoms with Crippen LogP contribution in [0, 0.1) is 0 Å². The average Bonchev–Trinajstić information content (AvgIpc) is 2.59. The monoisotopic (exact) mass is 312 g/mol. The molecule has 0 bridgehead atoms. The third-order valence-corrected chi connectivity index (χ3v) is 3.25. The first kappa shape index (κ1) is 16.5. The minimum absolute atomic E-state index is 0.156. The predicted molar refractivity (Wildman–Crippen MR) is 87.7 cm³/mol. The van der Waals surface area contributed by atoms with Gasteiger partial charge in [-0.3, -0.25) is 20.4 Å². The lowest BCUT2D eigenvalue weighted by molar-refractivity contribution is -0.129. The topological polar surface area (TPSA) is 67.4 Å². The van der Waals surface area contributed by atoms with Crippen LogP contribution in [0.5, 0.6) is 5.75 Å². The molecule has 0 aromatic heterocycles. The van der Waals surface area contributed by atoms with E-state index in [1.807, 2.05) is 54.6 Å². The van der Waals surface area contributed by atoms with Crippen molar-refractivity contribution in [2.75, 3.05) is 6.61 Å². The Morgan fingerprint density at radius 2 is 1.52 bits per heavy atom. The van der Waals surface area contributed by atoms with Crippen LogP contribution in [0.3, 0.4) is 0 Å². The molecular formula is C18H20N2O3. The zero-order chi connectivity index (χ0) is 16.5. The lowest BCUT2D eigenvalue weighted by atomic mass is 10.1. The molecular weight excluding hydrogens is 292 g/mol.